The molecule has 1 aliphatic carbocycles. The maximum absolute atomic E-state index is 13.2. The number of ketones is 1. The molecular formula is C24H31N4O2P. The summed E-state index contributed by atoms with van der Waals surface area (Å²) < 4.78 is 0. The molecule has 0 fully saturated rings. The molecule has 1 amide bonds. The van der Waals surface area contributed by atoms with E-state index in [4.69, 9.17) is 10.4 Å². The fourth-order valence-electron chi connectivity index (χ4n) is 3.88. The number of amides is 1. The zero-order valence-electron chi connectivity index (χ0n) is 18.7. The van der Waals surface area contributed by atoms with E-state index in [9.17, 15) is 9.59 Å². The number of carbonyl (C=O) groups is 2. The van der Waals surface area contributed by atoms with Crippen LogP contribution in [0.25, 0.3) is 5.57 Å². The SMILES string of the molecule is CC1=CC(C)=C(CNC(=O)c2cc(C3=CCNCC3)nc(PC(C)C)c2C=N)C(=O)C1. The molecule has 6 nitrogen and oxygen atoms in total. The van der Waals surface area contributed by atoms with E-state index in [2.05, 4.69) is 30.6 Å². The van der Waals surface area contributed by atoms with Gasteiger partial charge >= 0.3 is 0 Å². The van der Waals surface area contributed by atoms with Gasteiger partial charge in [0.05, 0.1) is 16.7 Å². The van der Waals surface area contributed by atoms with Crippen LogP contribution >= 0.6 is 8.58 Å². The molecule has 1 atom stereocenters. The average molecular weight is 439 g/mol. The van der Waals surface area contributed by atoms with Crippen LogP contribution in [0.5, 0.6) is 0 Å². The molecular weight excluding hydrogens is 407 g/mol. The van der Waals surface area contributed by atoms with E-state index in [0.717, 1.165) is 47.4 Å². The molecule has 0 bridgehead atoms. The van der Waals surface area contributed by atoms with Crippen LogP contribution in [0.3, 0.4) is 0 Å². The van der Waals surface area contributed by atoms with E-state index in [1.54, 1.807) is 6.07 Å². The molecule has 0 aromatic carbocycles. The Morgan fingerprint density at radius 1 is 1.39 bits per heavy atom. The number of aromatic nitrogens is 1. The van der Waals surface area contributed by atoms with Gasteiger partial charge < -0.3 is 16.0 Å². The van der Waals surface area contributed by atoms with Crippen LogP contribution in [0.15, 0.2) is 34.9 Å². The van der Waals surface area contributed by atoms with Gasteiger partial charge in [-0.2, -0.15) is 0 Å². The Morgan fingerprint density at radius 2 is 2.16 bits per heavy atom. The minimum absolute atomic E-state index is 0.0577. The maximum atomic E-state index is 13.2. The summed E-state index contributed by atoms with van der Waals surface area (Å²) in [6.45, 7) is 9.93. The fraction of sp³-hybridized carbons (Fsp3) is 0.417. The highest BCUT2D eigenvalue weighted by Gasteiger charge is 2.22. The van der Waals surface area contributed by atoms with Crippen molar-refractivity contribution in [3.8, 4) is 0 Å². The van der Waals surface area contributed by atoms with Crippen molar-refractivity contribution in [1.29, 1.82) is 5.41 Å². The lowest BCUT2D eigenvalue weighted by Gasteiger charge is -2.19. The third kappa shape index (κ3) is 5.63. The normalized spacial score (nSPS) is 17.3. The van der Waals surface area contributed by atoms with E-state index in [0.29, 0.717) is 37.4 Å². The summed E-state index contributed by atoms with van der Waals surface area (Å²) in [5.41, 5.74) is 6.72. The number of nitrogens with one attached hydrogen (secondary N) is 3. The quantitative estimate of drug-likeness (QED) is 0.450. The van der Waals surface area contributed by atoms with Crippen LogP contribution in [0, 0.1) is 5.41 Å². The first-order chi connectivity index (χ1) is 14.8. The number of nitrogens with zero attached hydrogens (tertiary/aromatic N) is 1. The first-order valence-electron chi connectivity index (χ1n) is 10.7. The third-order valence-electron chi connectivity index (χ3n) is 5.41. The lowest BCUT2D eigenvalue weighted by atomic mass is 9.92. The van der Waals surface area contributed by atoms with Crippen molar-refractivity contribution in [3.05, 3.63) is 51.8 Å². The van der Waals surface area contributed by atoms with Crippen molar-refractivity contribution >= 4 is 37.5 Å². The lowest BCUT2D eigenvalue weighted by molar-refractivity contribution is -0.115. The van der Waals surface area contributed by atoms with Crippen molar-refractivity contribution in [3.63, 3.8) is 0 Å². The predicted octanol–water partition coefficient (Wildman–Crippen LogP) is 3.13. The summed E-state index contributed by atoms with van der Waals surface area (Å²) in [5, 5.41) is 14.2. The summed E-state index contributed by atoms with van der Waals surface area (Å²) >= 11 is 0. The summed E-state index contributed by atoms with van der Waals surface area (Å²) in [6, 6.07) is 1.80. The van der Waals surface area contributed by atoms with Gasteiger partial charge in [-0.1, -0.05) is 40.2 Å². The van der Waals surface area contributed by atoms with E-state index < -0.39 is 0 Å². The lowest BCUT2D eigenvalue weighted by Crippen LogP contribution is -2.32. The average Bonchev–Trinajstić information content (AvgIpc) is 2.72. The Hall–Kier alpha value is -2.43. The number of rotatable bonds is 7. The van der Waals surface area contributed by atoms with Crippen LogP contribution in [0.1, 0.15) is 62.2 Å². The van der Waals surface area contributed by atoms with Crippen molar-refractivity contribution in [1.82, 2.24) is 15.6 Å². The maximum Gasteiger partial charge on any atom is 0.252 e. The summed E-state index contributed by atoms with van der Waals surface area (Å²) in [6.07, 6.45) is 6.60. The molecule has 2 heterocycles. The molecule has 0 saturated heterocycles. The smallest absolute Gasteiger partial charge is 0.252 e. The molecule has 3 N–H and O–H groups in total. The molecule has 31 heavy (non-hydrogen) atoms. The molecule has 1 aromatic heterocycles. The number of allylic oxidation sites excluding steroid dienone is 3. The van der Waals surface area contributed by atoms with Gasteiger partial charge in [-0.15, -0.1) is 0 Å². The molecule has 0 saturated carbocycles. The van der Waals surface area contributed by atoms with E-state index in [1.807, 2.05) is 19.9 Å². The number of carbonyl (C=O) groups excluding carboxylic acids is 2. The van der Waals surface area contributed by atoms with Gasteiger partial charge in [-0.05, 0) is 49.7 Å². The third-order valence-corrected chi connectivity index (χ3v) is 6.64. The minimum Gasteiger partial charge on any atom is -0.348 e. The molecule has 2 aliphatic rings. The van der Waals surface area contributed by atoms with Gasteiger partial charge in [0.1, 0.15) is 0 Å². The highest BCUT2D eigenvalue weighted by molar-refractivity contribution is 7.47. The molecule has 164 valence electrons. The first kappa shape index (κ1) is 23.2. The zero-order valence-corrected chi connectivity index (χ0v) is 19.7. The van der Waals surface area contributed by atoms with Crippen molar-refractivity contribution in [2.75, 3.05) is 19.6 Å². The zero-order chi connectivity index (χ0) is 22.5. The Kier molecular flexibility index (Phi) is 7.69. The Labute approximate surface area is 186 Å². The number of Topliss-reactive ketones (excluding diaryl/α,β-unsaturated/α-hetero) is 1. The molecule has 1 unspecified atom stereocenters. The second-order valence-electron chi connectivity index (χ2n) is 8.38. The van der Waals surface area contributed by atoms with Gasteiger partial charge in [0.25, 0.3) is 5.91 Å². The van der Waals surface area contributed by atoms with Crippen molar-refractivity contribution in [2.45, 2.75) is 46.2 Å². The van der Waals surface area contributed by atoms with Gasteiger partial charge in [0.2, 0.25) is 0 Å². The van der Waals surface area contributed by atoms with Crippen molar-refractivity contribution in [2.24, 2.45) is 0 Å². The van der Waals surface area contributed by atoms with E-state index in [1.165, 1.54) is 6.21 Å². The topological polar surface area (TPSA) is 94.9 Å². The fourth-order valence-corrected chi connectivity index (χ4v) is 4.98. The second-order valence-corrected chi connectivity index (χ2v) is 10.3. The second kappa shape index (κ2) is 10.3. The van der Waals surface area contributed by atoms with Crippen LogP contribution in [0.4, 0.5) is 0 Å². The Bertz CT molecular complexity index is 1010. The van der Waals surface area contributed by atoms with Crippen LogP contribution in [0.2, 0.25) is 0 Å². The highest BCUT2D eigenvalue weighted by atomic mass is 31.1. The molecule has 0 spiro atoms. The Morgan fingerprint density at radius 3 is 2.77 bits per heavy atom. The van der Waals surface area contributed by atoms with Gasteiger partial charge in [-0.3, -0.25) is 9.59 Å². The first-order valence-corrected chi connectivity index (χ1v) is 11.8. The van der Waals surface area contributed by atoms with Crippen molar-refractivity contribution < 1.29 is 9.59 Å². The number of hydrogen-bond acceptors (Lipinski definition) is 5. The molecule has 1 aliphatic heterocycles. The molecule has 0 radical (unpaired) electrons. The molecule has 1 aromatic rings. The van der Waals surface area contributed by atoms with Gasteiger partial charge in [0, 0.05) is 36.9 Å². The van der Waals surface area contributed by atoms with Crippen LogP contribution in [-0.2, 0) is 4.79 Å². The standard InChI is InChI=1S/C24H31N4O2P/c1-14(2)31-24-19(12-25)18(11-21(28-24)17-5-7-26-8-6-17)23(30)27-13-20-16(4)9-15(3)10-22(20)29/h5,9,11-12,14,25-26,31H,6-8,10,13H2,1-4H3,(H,27,30). The molecule has 7 heteroatoms. The largest absolute Gasteiger partial charge is 0.348 e. The van der Waals surface area contributed by atoms with Crippen LogP contribution < -0.4 is 16.1 Å². The summed E-state index contributed by atoms with van der Waals surface area (Å²) in [7, 11) is 0.405. The number of pyridine rings is 1. The van der Waals surface area contributed by atoms with Crippen LogP contribution in [-0.4, -0.2) is 48.2 Å². The van der Waals surface area contributed by atoms with Gasteiger partial charge in [0.15, 0.2) is 5.78 Å². The summed E-state index contributed by atoms with van der Waals surface area (Å²) in [4.78, 5) is 30.5. The molecule has 3 rings (SSSR count). The number of hydrogen-bond donors (Lipinski definition) is 3. The van der Waals surface area contributed by atoms with E-state index >= 15 is 0 Å². The van der Waals surface area contributed by atoms with E-state index in [-0.39, 0.29) is 18.2 Å². The Balaban J connectivity index is 1.95. The summed E-state index contributed by atoms with van der Waals surface area (Å²) in [5.74, 6) is -0.215. The highest BCUT2D eigenvalue weighted by Crippen LogP contribution is 2.25. The minimum atomic E-state index is -0.272. The monoisotopic (exact) mass is 438 g/mol. The van der Waals surface area contributed by atoms with Gasteiger partial charge in [-0.25, -0.2) is 4.98 Å². The predicted molar refractivity (Wildman–Crippen MR) is 129 cm³/mol.